The van der Waals surface area contributed by atoms with E-state index in [2.05, 4.69) is 77.8 Å². The molecule has 0 fully saturated rings. The summed E-state index contributed by atoms with van der Waals surface area (Å²) in [7, 11) is 2.12. The molecular weight excluding hydrogens is 358 g/mol. The van der Waals surface area contributed by atoms with Crippen LogP contribution in [-0.2, 0) is 7.05 Å². The van der Waals surface area contributed by atoms with Gasteiger partial charge in [0, 0.05) is 39.1 Å². The minimum absolute atomic E-state index is 0.762. The lowest BCUT2D eigenvalue weighted by atomic mass is 9.95. The van der Waals surface area contributed by atoms with Crippen molar-refractivity contribution < 1.29 is 0 Å². The highest BCUT2D eigenvalue weighted by Gasteiger charge is 2.18. The Morgan fingerprint density at radius 1 is 0.864 bits per heavy atom. The Morgan fingerprint density at radius 3 is 2.05 bits per heavy atom. The van der Waals surface area contributed by atoms with Crippen molar-refractivity contribution in [2.24, 2.45) is 7.05 Å². The Morgan fingerprint density at radius 2 is 1.45 bits per heavy atom. The molecule has 112 valence electrons. The predicted molar refractivity (Wildman–Crippen MR) is 98.5 cm³/mol. The Kier molecular flexibility index (Phi) is 4.16. The van der Waals surface area contributed by atoms with Gasteiger partial charge in [0.05, 0.1) is 0 Å². The van der Waals surface area contributed by atoms with E-state index in [4.69, 9.17) is 11.6 Å². The summed E-state index contributed by atoms with van der Waals surface area (Å²) in [6.45, 7) is 4.33. The van der Waals surface area contributed by atoms with Crippen LogP contribution in [0.2, 0.25) is 5.02 Å². The molecule has 0 atom stereocenters. The van der Waals surface area contributed by atoms with Crippen LogP contribution in [-0.4, -0.2) is 4.57 Å². The molecule has 1 heterocycles. The minimum atomic E-state index is 0.762. The molecule has 0 saturated heterocycles. The van der Waals surface area contributed by atoms with Crippen molar-refractivity contribution in [2.45, 2.75) is 13.8 Å². The van der Waals surface area contributed by atoms with Gasteiger partial charge in [0.15, 0.2) is 0 Å². The largest absolute Gasteiger partial charge is 0.351 e. The molecule has 0 spiro atoms. The van der Waals surface area contributed by atoms with E-state index in [1.807, 2.05) is 12.1 Å². The highest BCUT2D eigenvalue weighted by molar-refractivity contribution is 9.10. The summed E-state index contributed by atoms with van der Waals surface area (Å²) < 4.78 is 3.34. The number of hydrogen-bond donors (Lipinski definition) is 0. The van der Waals surface area contributed by atoms with Crippen molar-refractivity contribution in [3.05, 3.63) is 69.4 Å². The molecule has 1 aromatic heterocycles. The zero-order valence-corrected chi connectivity index (χ0v) is 15.2. The fourth-order valence-corrected chi connectivity index (χ4v) is 3.44. The molecule has 1 nitrogen and oxygen atoms in total. The van der Waals surface area contributed by atoms with E-state index in [1.165, 1.54) is 33.6 Å². The van der Waals surface area contributed by atoms with Crippen LogP contribution in [0.5, 0.6) is 0 Å². The zero-order chi connectivity index (χ0) is 15.9. The van der Waals surface area contributed by atoms with Crippen LogP contribution >= 0.6 is 27.5 Å². The average molecular weight is 375 g/mol. The van der Waals surface area contributed by atoms with E-state index in [0.29, 0.717) is 0 Å². The number of nitrogens with zero attached hydrogens (tertiary/aromatic N) is 1. The molecule has 3 heteroatoms. The summed E-state index contributed by atoms with van der Waals surface area (Å²) in [5.74, 6) is 0. The van der Waals surface area contributed by atoms with Crippen molar-refractivity contribution in [3.8, 4) is 22.3 Å². The number of rotatable bonds is 2. The molecule has 22 heavy (non-hydrogen) atoms. The van der Waals surface area contributed by atoms with Crippen LogP contribution in [0, 0.1) is 13.8 Å². The second kappa shape index (κ2) is 5.94. The molecule has 0 aliphatic carbocycles. The summed E-state index contributed by atoms with van der Waals surface area (Å²) in [5, 5.41) is 0.762. The van der Waals surface area contributed by atoms with Gasteiger partial charge in [-0.2, -0.15) is 0 Å². The van der Waals surface area contributed by atoms with Gasteiger partial charge in [-0.25, -0.2) is 0 Å². The Balaban J connectivity index is 2.30. The van der Waals surface area contributed by atoms with Gasteiger partial charge < -0.3 is 4.57 Å². The average Bonchev–Trinajstić information content (AvgIpc) is 2.72. The van der Waals surface area contributed by atoms with Crippen LogP contribution in [0.3, 0.4) is 0 Å². The summed E-state index contributed by atoms with van der Waals surface area (Å²) in [5.41, 5.74) is 7.50. The van der Waals surface area contributed by atoms with Gasteiger partial charge in [0.2, 0.25) is 0 Å². The Labute approximate surface area is 144 Å². The van der Waals surface area contributed by atoms with E-state index < -0.39 is 0 Å². The molecule has 0 unspecified atom stereocenters. The highest BCUT2D eigenvalue weighted by Crippen LogP contribution is 2.39. The third-order valence-electron chi connectivity index (χ3n) is 4.23. The van der Waals surface area contributed by atoms with Gasteiger partial charge in [-0.3, -0.25) is 0 Å². The molecule has 0 aliphatic rings. The lowest BCUT2D eigenvalue weighted by Crippen LogP contribution is -1.93. The maximum Gasteiger partial charge on any atom is 0.0406 e. The molecule has 2 aromatic carbocycles. The van der Waals surface area contributed by atoms with Gasteiger partial charge in [-0.1, -0.05) is 51.8 Å². The molecule has 3 rings (SSSR count). The van der Waals surface area contributed by atoms with Gasteiger partial charge in [0.1, 0.15) is 0 Å². The molecule has 0 aliphatic heterocycles. The Bertz CT molecular complexity index is 831. The second-order valence-corrected chi connectivity index (χ2v) is 6.85. The van der Waals surface area contributed by atoms with Crippen LogP contribution < -0.4 is 0 Å². The summed E-state index contributed by atoms with van der Waals surface area (Å²) in [4.78, 5) is 0. The third kappa shape index (κ3) is 2.62. The number of benzene rings is 2. The molecule has 0 amide bonds. The quantitative estimate of drug-likeness (QED) is 0.489. The first-order valence-corrected chi connectivity index (χ1v) is 8.34. The standard InChI is InChI=1S/C19H17BrClN/c1-12-18(14-7-9-17(21)10-8-14)19(13(2)22(12)3)15-5-4-6-16(20)11-15/h4-11H,1-3H3. The summed E-state index contributed by atoms with van der Waals surface area (Å²) in [6, 6.07) is 16.5. The van der Waals surface area contributed by atoms with Crippen molar-refractivity contribution in [1.82, 2.24) is 4.57 Å². The van der Waals surface area contributed by atoms with E-state index in [1.54, 1.807) is 0 Å². The van der Waals surface area contributed by atoms with E-state index in [9.17, 15) is 0 Å². The smallest absolute Gasteiger partial charge is 0.0406 e. The number of aromatic nitrogens is 1. The molecule has 0 saturated carbocycles. The molecule has 0 radical (unpaired) electrons. The van der Waals surface area contributed by atoms with Crippen molar-refractivity contribution in [2.75, 3.05) is 0 Å². The van der Waals surface area contributed by atoms with Crippen LogP contribution in [0.1, 0.15) is 11.4 Å². The second-order valence-electron chi connectivity index (χ2n) is 5.50. The number of hydrogen-bond acceptors (Lipinski definition) is 0. The molecular formula is C19H17BrClN. The lowest BCUT2D eigenvalue weighted by Gasteiger charge is -2.08. The first-order valence-electron chi connectivity index (χ1n) is 7.17. The maximum atomic E-state index is 6.04. The van der Waals surface area contributed by atoms with Gasteiger partial charge >= 0.3 is 0 Å². The van der Waals surface area contributed by atoms with Crippen molar-refractivity contribution >= 4 is 27.5 Å². The summed E-state index contributed by atoms with van der Waals surface area (Å²) >= 11 is 9.62. The van der Waals surface area contributed by atoms with Crippen molar-refractivity contribution in [3.63, 3.8) is 0 Å². The molecule has 0 bridgehead atoms. The number of halogens is 2. The summed E-state index contributed by atoms with van der Waals surface area (Å²) in [6.07, 6.45) is 0. The molecule has 3 aromatic rings. The monoisotopic (exact) mass is 373 g/mol. The van der Waals surface area contributed by atoms with Gasteiger partial charge in [-0.15, -0.1) is 0 Å². The maximum absolute atomic E-state index is 6.04. The SMILES string of the molecule is Cc1c(-c2ccc(Cl)cc2)c(-c2cccc(Br)c2)c(C)n1C. The van der Waals surface area contributed by atoms with Crippen LogP contribution in [0.4, 0.5) is 0 Å². The molecule has 0 N–H and O–H groups in total. The fourth-order valence-electron chi connectivity index (χ4n) is 2.92. The minimum Gasteiger partial charge on any atom is -0.351 e. The third-order valence-corrected chi connectivity index (χ3v) is 4.97. The Hall–Kier alpha value is -1.51. The van der Waals surface area contributed by atoms with Crippen LogP contribution in [0.25, 0.3) is 22.3 Å². The first kappa shape index (κ1) is 15.4. The van der Waals surface area contributed by atoms with E-state index in [-0.39, 0.29) is 0 Å². The van der Waals surface area contributed by atoms with Gasteiger partial charge in [0.25, 0.3) is 0 Å². The fraction of sp³-hybridized carbons (Fsp3) is 0.158. The van der Waals surface area contributed by atoms with E-state index >= 15 is 0 Å². The highest BCUT2D eigenvalue weighted by atomic mass is 79.9. The normalized spacial score (nSPS) is 11.0. The van der Waals surface area contributed by atoms with Crippen molar-refractivity contribution in [1.29, 1.82) is 0 Å². The predicted octanol–water partition coefficient (Wildman–Crippen LogP) is 6.39. The van der Waals surface area contributed by atoms with E-state index in [0.717, 1.165) is 9.50 Å². The topological polar surface area (TPSA) is 4.93 Å². The zero-order valence-electron chi connectivity index (χ0n) is 12.8. The van der Waals surface area contributed by atoms with Crippen LogP contribution in [0.15, 0.2) is 53.0 Å². The van der Waals surface area contributed by atoms with Gasteiger partial charge in [-0.05, 0) is 49.2 Å². The lowest BCUT2D eigenvalue weighted by molar-refractivity contribution is 0.846. The first-order chi connectivity index (χ1) is 10.5.